The zero-order valence-electron chi connectivity index (χ0n) is 9.01. The molecule has 0 radical (unpaired) electrons. The monoisotopic (exact) mass is 169 g/mol. The highest BCUT2D eigenvalue weighted by atomic mass is 15.1. The first-order chi connectivity index (χ1) is 5.59. The van der Waals surface area contributed by atoms with E-state index in [4.69, 9.17) is 0 Å². The molecule has 0 aliphatic carbocycles. The molecule has 2 atom stereocenters. The van der Waals surface area contributed by atoms with Crippen LogP contribution in [0.5, 0.6) is 0 Å². The van der Waals surface area contributed by atoms with E-state index >= 15 is 0 Å². The van der Waals surface area contributed by atoms with Crippen molar-refractivity contribution in [3.05, 3.63) is 0 Å². The maximum Gasteiger partial charge on any atom is 0.000663 e. The van der Waals surface area contributed by atoms with Gasteiger partial charge in [-0.2, -0.15) is 0 Å². The van der Waals surface area contributed by atoms with Crippen molar-refractivity contribution >= 4 is 0 Å². The van der Waals surface area contributed by atoms with Crippen LogP contribution >= 0.6 is 0 Å². The van der Waals surface area contributed by atoms with Gasteiger partial charge < -0.3 is 4.90 Å². The zero-order chi connectivity index (χ0) is 9.14. The molecule has 0 N–H and O–H groups in total. The molecule has 72 valence electrons. The zero-order valence-corrected chi connectivity index (χ0v) is 9.01. The fourth-order valence-corrected chi connectivity index (χ4v) is 2.36. The molecule has 1 rings (SSSR count). The van der Waals surface area contributed by atoms with E-state index < -0.39 is 0 Å². The lowest BCUT2D eigenvalue weighted by Crippen LogP contribution is -2.37. The Labute approximate surface area is 77.1 Å². The first kappa shape index (κ1) is 10.0. The molecule has 0 aromatic carbocycles. The van der Waals surface area contributed by atoms with Crippen molar-refractivity contribution < 1.29 is 0 Å². The van der Waals surface area contributed by atoms with Gasteiger partial charge in [0, 0.05) is 6.54 Å². The molecule has 1 nitrogen and oxygen atoms in total. The highest BCUT2D eigenvalue weighted by Crippen LogP contribution is 2.27. The van der Waals surface area contributed by atoms with Gasteiger partial charge in [0.1, 0.15) is 0 Å². The molecule has 0 aromatic rings. The van der Waals surface area contributed by atoms with Gasteiger partial charge in [-0.05, 0) is 44.2 Å². The third-order valence-corrected chi connectivity index (χ3v) is 3.06. The summed E-state index contributed by atoms with van der Waals surface area (Å²) in [6.45, 7) is 9.69. The summed E-state index contributed by atoms with van der Waals surface area (Å²) in [4.78, 5) is 2.46. The Bertz CT molecular complexity index is 131. The Morgan fingerprint density at radius 1 is 1.42 bits per heavy atom. The van der Waals surface area contributed by atoms with Crippen molar-refractivity contribution in [2.75, 3.05) is 20.1 Å². The molecule has 0 amide bonds. The topological polar surface area (TPSA) is 3.24 Å². The second-order valence-electron chi connectivity index (χ2n) is 4.92. The average Bonchev–Trinajstić information content (AvgIpc) is 1.94. The maximum absolute atomic E-state index is 2.46. The Kier molecular flexibility index (Phi) is 3.57. The molecule has 12 heavy (non-hydrogen) atoms. The fourth-order valence-electron chi connectivity index (χ4n) is 2.36. The van der Waals surface area contributed by atoms with E-state index in [-0.39, 0.29) is 0 Å². The Morgan fingerprint density at radius 3 is 2.58 bits per heavy atom. The molecule has 1 aliphatic rings. The molecule has 0 spiro atoms. The van der Waals surface area contributed by atoms with Gasteiger partial charge in [-0.1, -0.05) is 20.8 Å². The molecular weight excluding hydrogens is 146 g/mol. The van der Waals surface area contributed by atoms with E-state index in [1.165, 1.54) is 25.9 Å². The first-order valence-corrected chi connectivity index (χ1v) is 5.28. The van der Waals surface area contributed by atoms with Crippen LogP contribution in [-0.2, 0) is 0 Å². The molecule has 0 unspecified atom stereocenters. The Balaban J connectivity index is 2.34. The van der Waals surface area contributed by atoms with Crippen molar-refractivity contribution in [3.8, 4) is 0 Å². The predicted molar refractivity (Wildman–Crippen MR) is 54.2 cm³/mol. The van der Waals surface area contributed by atoms with Crippen LogP contribution in [0, 0.1) is 17.8 Å². The lowest BCUT2D eigenvalue weighted by Gasteiger charge is -2.35. The van der Waals surface area contributed by atoms with Crippen LogP contribution < -0.4 is 0 Å². The summed E-state index contributed by atoms with van der Waals surface area (Å²) in [5, 5.41) is 0. The van der Waals surface area contributed by atoms with E-state index in [0.29, 0.717) is 0 Å². The van der Waals surface area contributed by atoms with Gasteiger partial charge in [0.15, 0.2) is 0 Å². The van der Waals surface area contributed by atoms with Gasteiger partial charge in [0.25, 0.3) is 0 Å². The molecular formula is C11H23N. The number of nitrogens with zero attached hydrogens (tertiary/aromatic N) is 1. The second kappa shape index (κ2) is 4.27. The normalized spacial score (nSPS) is 32.8. The number of piperidine rings is 1. The third kappa shape index (κ3) is 2.78. The van der Waals surface area contributed by atoms with Crippen molar-refractivity contribution in [1.29, 1.82) is 0 Å². The van der Waals surface area contributed by atoms with E-state index in [9.17, 15) is 0 Å². The summed E-state index contributed by atoms with van der Waals surface area (Å²) >= 11 is 0. The van der Waals surface area contributed by atoms with Crippen molar-refractivity contribution in [1.82, 2.24) is 4.90 Å². The highest BCUT2D eigenvalue weighted by molar-refractivity contribution is 4.76. The number of hydrogen-bond donors (Lipinski definition) is 0. The number of hydrogen-bond acceptors (Lipinski definition) is 1. The third-order valence-electron chi connectivity index (χ3n) is 3.06. The lowest BCUT2D eigenvalue weighted by atomic mass is 9.81. The predicted octanol–water partition coefficient (Wildman–Crippen LogP) is 2.62. The van der Waals surface area contributed by atoms with Crippen LogP contribution in [0.25, 0.3) is 0 Å². The molecule has 0 aromatic heterocycles. The molecule has 1 aliphatic heterocycles. The molecule has 0 saturated carbocycles. The molecule has 0 bridgehead atoms. The van der Waals surface area contributed by atoms with E-state index in [0.717, 1.165) is 17.8 Å². The molecule has 1 fully saturated rings. The average molecular weight is 169 g/mol. The second-order valence-corrected chi connectivity index (χ2v) is 4.92. The minimum absolute atomic E-state index is 0.876. The first-order valence-electron chi connectivity index (χ1n) is 5.28. The Hall–Kier alpha value is -0.0400. The van der Waals surface area contributed by atoms with Crippen LogP contribution in [0.3, 0.4) is 0 Å². The van der Waals surface area contributed by atoms with E-state index in [1.807, 2.05) is 0 Å². The summed E-state index contributed by atoms with van der Waals surface area (Å²) in [7, 11) is 2.24. The molecule has 1 heterocycles. The van der Waals surface area contributed by atoms with Crippen LogP contribution in [0.4, 0.5) is 0 Å². The van der Waals surface area contributed by atoms with E-state index in [2.05, 4.69) is 32.7 Å². The van der Waals surface area contributed by atoms with Gasteiger partial charge in [-0.15, -0.1) is 0 Å². The van der Waals surface area contributed by atoms with Gasteiger partial charge in [-0.3, -0.25) is 0 Å². The van der Waals surface area contributed by atoms with Crippen molar-refractivity contribution in [2.45, 2.75) is 33.6 Å². The smallest absolute Gasteiger partial charge is 0.000663 e. The largest absolute Gasteiger partial charge is 0.306 e. The molecule has 1 saturated heterocycles. The van der Waals surface area contributed by atoms with Crippen LogP contribution in [-0.4, -0.2) is 25.0 Å². The van der Waals surface area contributed by atoms with Gasteiger partial charge >= 0.3 is 0 Å². The van der Waals surface area contributed by atoms with Crippen molar-refractivity contribution in [2.24, 2.45) is 17.8 Å². The minimum Gasteiger partial charge on any atom is -0.306 e. The lowest BCUT2D eigenvalue weighted by molar-refractivity contribution is 0.138. The number of rotatable bonds is 2. The Morgan fingerprint density at radius 2 is 2.08 bits per heavy atom. The van der Waals surface area contributed by atoms with Gasteiger partial charge in [0.2, 0.25) is 0 Å². The van der Waals surface area contributed by atoms with Crippen LogP contribution in [0.2, 0.25) is 0 Å². The maximum atomic E-state index is 2.46. The standard InChI is InChI=1S/C11H23N/c1-9(2)7-11-5-6-12(4)8-10(11)3/h9-11H,5-8H2,1-4H3/t10-,11+/m1/s1. The highest BCUT2D eigenvalue weighted by Gasteiger charge is 2.24. The SMILES string of the molecule is CC(C)C[C@@H]1CCN(C)C[C@H]1C. The summed E-state index contributed by atoms with van der Waals surface area (Å²) in [6, 6.07) is 0. The van der Waals surface area contributed by atoms with Crippen LogP contribution in [0.1, 0.15) is 33.6 Å². The quantitative estimate of drug-likeness (QED) is 0.614. The van der Waals surface area contributed by atoms with Gasteiger partial charge in [-0.25, -0.2) is 0 Å². The van der Waals surface area contributed by atoms with Crippen LogP contribution in [0.15, 0.2) is 0 Å². The van der Waals surface area contributed by atoms with Crippen molar-refractivity contribution in [3.63, 3.8) is 0 Å². The minimum atomic E-state index is 0.876. The summed E-state index contributed by atoms with van der Waals surface area (Å²) < 4.78 is 0. The number of likely N-dealkylation sites (tertiary alicyclic amines) is 1. The molecule has 1 heteroatoms. The summed E-state index contributed by atoms with van der Waals surface area (Å²) in [6.07, 6.45) is 2.84. The summed E-state index contributed by atoms with van der Waals surface area (Å²) in [5.41, 5.74) is 0. The fraction of sp³-hybridized carbons (Fsp3) is 1.00. The van der Waals surface area contributed by atoms with E-state index in [1.54, 1.807) is 0 Å². The summed E-state index contributed by atoms with van der Waals surface area (Å²) in [5.74, 6) is 2.77. The van der Waals surface area contributed by atoms with Gasteiger partial charge in [0.05, 0.1) is 0 Å².